The molecule has 1 aromatic heterocycles. The van der Waals surface area contributed by atoms with E-state index in [0.29, 0.717) is 23.8 Å². The first kappa shape index (κ1) is 14.3. The molecule has 7 heteroatoms. The van der Waals surface area contributed by atoms with Gasteiger partial charge in [-0.15, -0.1) is 11.3 Å². The SMILES string of the molecule is Cc1cc(S(=O)(=O)N2CCCSCC2)sc1CN. The zero-order valence-electron chi connectivity index (χ0n) is 10.4. The van der Waals surface area contributed by atoms with Crippen LogP contribution in [0.15, 0.2) is 10.3 Å². The normalized spacial score (nSPS) is 18.8. The number of thioether (sulfide) groups is 1. The zero-order valence-corrected chi connectivity index (χ0v) is 12.8. The molecule has 2 heterocycles. The summed E-state index contributed by atoms with van der Waals surface area (Å²) in [7, 11) is -3.31. The molecule has 1 aliphatic heterocycles. The molecule has 0 aliphatic carbocycles. The second-order valence-electron chi connectivity index (χ2n) is 4.25. The van der Waals surface area contributed by atoms with E-state index in [0.717, 1.165) is 28.4 Å². The standard InChI is InChI=1S/C11H18N2O2S3/c1-9-7-11(17-10(9)8-12)18(14,15)13-3-2-5-16-6-4-13/h7H,2-6,8,12H2,1H3. The second-order valence-corrected chi connectivity index (χ2v) is 8.77. The fourth-order valence-electron chi connectivity index (χ4n) is 1.91. The Hall–Kier alpha value is -0.0800. The molecule has 1 saturated heterocycles. The lowest BCUT2D eigenvalue weighted by Crippen LogP contribution is -2.32. The van der Waals surface area contributed by atoms with Crippen molar-refractivity contribution in [1.29, 1.82) is 0 Å². The number of hydrogen-bond acceptors (Lipinski definition) is 5. The van der Waals surface area contributed by atoms with Crippen LogP contribution in [-0.4, -0.2) is 37.3 Å². The highest BCUT2D eigenvalue weighted by Crippen LogP contribution is 2.29. The smallest absolute Gasteiger partial charge is 0.252 e. The Balaban J connectivity index is 2.28. The van der Waals surface area contributed by atoms with Gasteiger partial charge in [-0.25, -0.2) is 8.42 Å². The largest absolute Gasteiger partial charge is 0.326 e. The fourth-order valence-corrected chi connectivity index (χ4v) is 6.01. The van der Waals surface area contributed by atoms with Gasteiger partial charge in [0.25, 0.3) is 10.0 Å². The Morgan fingerprint density at radius 3 is 2.83 bits per heavy atom. The lowest BCUT2D eigenvalue weighted by Gasteiger charge is -2.18. The number of thiophene rings is 1. The van der Waals surface area contributed by atoms with E-state index in [1.807, 2.05) is 18.7 Å². The van der Waals surface area contributed by atoms with Crippen LogP contribution >= 0.6 is 23.1 Å². The summed E-state index contributed by atoms with van der Waals surface area (Å²) in [5, 5.41) is 0. The third-order valence-electron chi connectivity index (χ3n) is 2.96. The Morgan fingerprint density at radius 2 is 2.17 bits per heavy atom. The summed E-state index contributed by atoms with van der Waals surface area (Å²) in [6.07, 6.45) is 0.929. The van der Waals surface area contributed by atoms with Gasteiger partial charge in [0.15, 0.2) is 0 Å². The quantitative estimate of drug-likeness (QED) is 0.922. The van der Waals surface area contributed by atoms with Crippen LogP contribution in [0, 0.1) is 6.92 Å². The predicted molar refractivity (Wildman–Crippen MR) is 77.6 cm³/mol. The Labute approximate surface area is 117 Å². The van der Waals surface area contributed by atoms with E-state index < -0.39 is 10.0 Å². The van der Waals surface area contributed by atoms with Crippen molar-refractivity contribution in [3.8, 4) is 0 Å². The maximum atomic E-state index is 12.5. The third-order valence-corrected chi connectivity index (χ3v) is 7.61. The van der Waals surface area contributed by atoms with Gasteiger partial charge in [-0.2, -0.15) is 16.1 Å². The summed E-state index contributed by atoms with van der Waals surface area (Å²) >= 11 is 3.13. The molecule has 0 unspecified atom stereocenters. The van der Waals surface area contributed by atoms with Crippen LogP contribution in [0.1, 0.15) is 16.9 Å². The lowest BCUT2D eigenvalue weighted by molar-refractivity contribution is 0.436. The van der Waals surface area contributed by atoms with Crippen molar-refractivity contribution in [2.24, 2.45) is 5.73 Å². The molecule has 2 N–H and O–H groups in total. The van der Waals surface area contributed by atoms with E-state index in [4.69, 9.17) is 5.73 Å². The van der Waals surface area contributed by atoms with Crippen molar-refractivity contribution < 1.29 is 8.42 Å². The number of rotatable bonds is 3. The third kappa shape index (κ3) is 2.91. The first-order valence-electron chi connectivity index (χ1n) is 5.93. The number of nitrogens with two attached hydrogens (primary N) is 1. The van der Waals surface area contributed by atoms with Gasteiger partial charge in [0.1, 0.15) is 4.21 Å². The number of hydrogen-bond donors (Lipinski definition) is 1. The van der Waals surface area contributed by atoms with E-state index in [1.165, 1.54) is 11.3 Å². The average Bonchev–Trinajstić information content (AvgIpc) is 2.55. The van der Waals surface area contributed by atoms with Gasteiger partial charge < -0.3 is 5.73 Å². The molecular weight excluding hydrogens is 288 g/mol. The summed E-state index contributed by atoms with van der Waals surface area (Å²) in [5.74, 6) is 1.93. The van der Waals surface area contributed by atoms with Crippen LogP contribution in [0.5, 0.6) is 0 Å². The molecule has 2 rings (SSSR count). The van der Waals surface area contributed by atoms with Crippen LogP contribution < -0.4 is 5.73 Å². The molecule has 0 aromatic carbocycles. The summed E-state index contributed by atoms with van der Waals surface area (Å²) in [5.41, 5.74) is 6.59. The molecule has 18 heavy (non-hydrogen) atoms. The van der Waals surface area contributed by atoms with Crippen LogP contribution in [0.2, 0.25) is 0 Å². The zero-order chi connectivity index (χ0) is 13.2. The Kier molecular flexibility index (Phi) is 4.71. The van der Waals surface area contributed by atoms with E-state index in [2.05, 4.69) is 0 Å². The molecule has 0 amide bonds. The van der Waals surface area contributed by atoms with Crippen molar-refractivity contribution in [1.82, 2.24) is 4.31 Å². The number of aryl methyl sites for hydroxylation is 1. The van der Waals surface area contributed by atoms with E-state index in [1.54, 1.807) is 10.4 Å². The molecular formula is C11H18N2O2S3. The van der Waals surface area contributed by atoms with Crippen LogP contribution in [0.4, 0.5) is 0 Å². The van der Waals surface area contributed by atoms with Gasteiger partial charge in [-0.05, 0) is 30.7 Å². The molecule has 0 spiro atoms. The molecule has 1 aliphatic rings. The van der Waals surface area contributed by atoms with Gasteiger partial charge in [0.05, 0.1) is 0 Å². The van der Waals surface area contributed by atoms with Gasteiger partial charge >= 0.3 is 0 Å². The van der Waals surface area contributed by atoms with Crippen molar-refractivity contribution >= 4 is 33.1 Å². The molecule has 0 radical (unpaired) electrons. The second kappa shape index (κ2) is 5.92. The minimum atomic E-state index is -3.31. The molecule has 102 valence electrons. The van der Waals surface area contributed by atoms with Crippen LogP contribution in [-0.2, 0) is 16.6 Å². The molecule has 1 aromatic rings. The summed E-state index contributed by atoms with van der Waals surface area (Å²) < 4.78 is 27.1. The van der Waals surface area contributed by atoms with Gasteiger partial charge in [-0.1, -0.05) is 0 Å². The van der Waals surface area contributed by atoms with Crippen molar-refractivity contribution in [2.45, 2.75) is 24.1 Å². The van der Waals surface area contributed by atoms with Crippen molar-refractivity contribution in [2.75, 3.05) is 24.6 Å². The first-order chi connectivity index (χ1) is 8.55. The highest BCUT2D eigenvalue weighted by Gasteiger charge is 2.27. The van der Waals surface area contributed by atoms with Crippen molar-refractivity contribution in [3.05, 3.63) is 16.5 Å². The maximum Gasteiger partial charge on any atom is 0.252 e. The Morgan fingerprint density at radius 1 is 1.39 bits per heavy atom. The molecule has 0 bridgehead atoms. The molecule has 0 atom stereocenters. The van der Waals surface area contributed by atoms with Crippen LogP contribution in [0.25, 0.3) is 0 Å². The topological polar surface area (TPSA) is 63.4 Å². The number of nitrogens with zero attached hydrogens (tertiary/aromatic N) is 1. The summed E-state index contributed by atoms with van der Waals surface area (Å²) in [6.45, 7) is 3.56. The fraction of sp³-hybridized carbons (Fsp3) is 0.636. The van der Waals surface area contributed by atoms with E-state index in [9.17, 15) is 8.42 Å². The number of sulfonamides is 1. The molecule has 1 fully saturated rings. The average molecular weight is 306 g/mol. The summed E-state index contributed by atoms with van der Waals surface area (Å²) in [4.78, 5) is 0.956. The van der Waals surface area contributed by atoms with Crippen molar-refractivity contribution in [3.63, 3.8) is 0 Å². The predicted octanol–water partition coefficient (Wildman–Crippen LogP) is 1.64. The highest BCUT2D eigenvalue weighted by atomic mass is 32.2. The monoisotopic (exact) mass is 306 g/mol. The minimum Gasteiger partial charge on any atom is -0.326 e. The highest BCUT2D eigenvalue weighted by molar-refractivity contribution is 7.99. The van der Waals surface area contributed by atoms with Gasteiger partial charge in [-0.3, -0.25) is 0 Å². The Bertz CT molecular complexity index is 502. The first-order valence-corrected chi connectivity index (χ1v) is 9.34. The maximum absolute atomic E-state index is 12.5. The minimum absolute atomic E-state index is 0.405. The van der Waals surface area contributed by atoms with Gasteiger partial charge in [0.2, 0.25) is 0 Å². The van der Waals surface area contributed by atoms with E-state index >= 15 is 0 Å². The van der Waals surface area contributed by atoms with E-state index in [-0.39, 0.29) is 0 Å². The molecule has 4 nitrogen and oxygen atoms in total. The van der Waals surface area contributed by atoms with Gasteiger partial charge in [0, 0.05) is 30.3 Å². The summed E-state index contributed by atoms with van der Waals surface area (Å²) in [6, 6.07) is 1.75. The lowest BCUT2D eigenvalue weighted by atomic mass is 10.3. The molecule has 0 saturated carbocycles. The van der Waals surface area contributed by atoms with Crippen LogP contribution in [0.3, 0.4) is 0 Å².